The van der Waals surface area contributed by atoms with Crippen LogP contribution in [-0.2, 0) is 0 Å². The summed E-state index contributed by atoms with van der Waals surface area (Å²) in [7, 11) is 2.26. The minimum atomic E-state index is 0.825. The summed E-state index contributed by atoms with van der Waals surface area (Å²) in [6, 6.07) is 0.846. The number of likely N-dealkylation sites (tertiary alicyclic amines) is 1. The third kappa shape index (κ3) is 4.34. The summed E-state index contributed by atoms with van der Waals surface area (Å²) in [5.41, 5.74) is 5.44. The largest absolute Gasteiger partial charge is 0.330 e. The number of piperidine rings is 1. The molecule has 1 aliphatic heterocycles. The maximum atomic E-state index is 5.44. The van der Waals surface area contributed by atoms with Crippen molar-refractivity contribution in [2.45, 2.75) is 31.7 Å². The van der Waals surface area contributed by atoms with Crippen molar-refractivity contribution in [1.29, 1.82) is 0 Å². The van der Waals surface area contributed by atoms with Gasteiger partial charge < -0.3 is 10.6 Å². The zero-order valence-electron chi connectivity index (χ0n) is 8.67. The second kappa shape index (κ2) is 6.68. The first-order valence-electron chi connectivity index (χ1n) is 5.32. The van der Waals surface area contributed by atoms with E-state index in [-0.39, 0.29) is 0 Å². The fraction of sp³-hybridized carbons (Fsp3) is 1.00. The average Bonchev–Trinajstić information content (AvgIpc) is 2.15. The average molecular weight is 202 g/mol. The Balaban J connectivity index is 2.05. The molecule has 0 amide bonds. The lowest BCUT2D eigenvalue weighted by Gasteiger charge is -2.32. The zero-order chi connectivity index (χ0) is 9.52. The molecule has 1 atom stereocenters. The Kier molecular flexibility index (Phi) is 5.83. The van der Waals surface area contributed by atoms with E-state index in [9.17, 15) is 0 Å². The summed E-state index contributed by atoms with van der Waals surface area (Å²) < 4.78 is 0. The fourth-order valence-corrected chi connectivity index (χ4v) is 2.72. The predicted molar refractivity (Wildman–Crippen MR) is 61.3 cm³/mol. The Morgan fingerprint density at radius 2 is 2.23 bits per heavy atom. The molecule has 3 heteroatoms. The van der Waals surface area contributed by atoms with Crippen molar-refractivity contribution >= 4 is 11.8 Å². The van der Waals surface area contributed by atoms with Gasteiger partial charge in [-0.25, -0.2) is 0 Å². The van der Waals surface area contributed by atoms with Gasteiger partial charge in [0.15, 0.2) is 0 Å². The van der Waals surface area contributed by atoms with Gasteiger partial charge in [0.2, 0.25) is 0 Å². The molecule has 1 fully saturated rings. The van der Waals surface area contributed by atoms with Gasteiger partial charge >= 0.3 is 0 Å². The molecule has 78 valence electrons. The smallest absolute Gasteiger partial charge is 0.0100 e. The lowest BCUT2D eigenvalue weighted by atomic mass is 10.0. The molecule has 1 saturated heterocycles. The van der Waals surface area contributed by atoms with Gasteiger partial charge in [-0.3, -0.25) is 0 Å². The van der Waals surface area contributed by atoms with E-state index in [0.717, 1.165) is 18.3 Å². The molecule has 1 rings (SSSR count). The molecule has 0 aromatic carbocycles. The molecule has 0 aromatic rings. The van der Waals surface area contributed by atoms with Gasteiger partial charge in [-0.1, -0.05) is 6.42 Å². The molecule has 1 unspecified atom stereocenters. The number of hydrogen-bond acceptors (Lipinski definition) is 3. The van der Waals surface area contributed by atoms with Crippen LogP contribution < -0.4 is 5.73 Å². The van der Waals surface area contributed by atoms with Gasteiger partial charge in [-0.05, 0) is 38.6 Å². The van der Waals surface area contributed by atoms with Crippen LogP contribution in [0.25, 0.3) is 0 Å². The third-order valence-electron chi connectivity index (χ3n) is 2.78. The molecule has 0 radical (unpaired) electrons. The van der Waals surface area contributed by atoms with Crippen molar-refractivity contribution in [3.05, 3.63) is 0 Å². The second-order valence-electron chi connectivity index (χ2n) is 3.82. The van der Waals surface area contributed by atoms with Crippen LogP contribution in [0.1, 0.15) is 25.7 Å². The van der Waals surface area contributed by atoms with Gasteiger partial charge in [-0.15, -0.1) is 0 Å². The summed E-state index contributed by atoms with van der Waals surface area (Å²) in [5.74, 6) is 2.41. The molecule has 0 aliphatic carbocycles. The summed E-state index contributed by atoms with van der Waals surface area (Å²) in [6.45, 7) is 2.12. The zero-order valence-corrected chi connectivity index (χ0v) is 9.48. The van der Waals surface area contributed by atoms with Crippen molar-refractivity contribution in [2.24, 2.45) is 5.73 Å². The summed E-state index contributed by atoms with van der Waals surface area (Å²) >= 11 is 2.00. The first kappa shape index (κ1) is 11.3. The minimum Gasteiger partial charge on any atom is -0.330 e. The van der Waals surface area contributed by atoms with Gasteiger partial charge in [0, 0.05) is 18.3 Å². The lowest BCUT2D eigenvalue weighted by Crippen LogP contribution is -2.36. The number of nitrogens with zero attached hydrogens (tertiary/aromatic N) is 1. The Labute approximate surface area is 86.2 Å². The van der Waals surface area contributed by atoms with Crippen LogP contribution in [0, 0.1) is 0 Å². The van der Waals surface area contributed by atoms with E-state index < -0.39 is 0 Å². The number of nitrogens with two attached hydrogens (primary N) is 1. The lowest BCUT2D eigenvalue weighted by molar-refractivity contribution is 0.182. The quantitative estimate of drug-likeness (QED) is 0.686. The summed E-state index contributed by atoms with van der Waals surface area (Å²) in [5, 5.41) is 0. The molecular weight excluding hydrogens is 180 g/mol. The van der Waals surface area contributed by atoms with Crippen molar-refractivity contribution in [3.63, 3.8) is 0 Å². The normalized spacial score (nSPS) is 24.9. The fourth-order valence-electron chi connectivity index (χ4n) is 1.91. The number of thioether (sulfide) groups is 1. The van der Waals surface area contributed by atoms with Crippen LogP contribution in [-0.4, -0.2) is 42.6 Å². The summed E-state index contributed by atoms with van der Waals surface area (Å²) in [6.07, 6.45) is 5.57. The first-order chi connectivity index (χ1) is 6.34. The van der Waals surface area contributed by atoms with Crippen molar-refractivity contribution in [1.82, 2.24) is 4.90 Å². The van der Waals surface area contributed by atoms with E-state index in [1.54, 1.807) is 0 Å². The van der Waals surface area contributed by atoms with Crippen molar-refractivity contribution in [3.8, 4) is 0 Å². The topological polar surface area (TPSA) is 29.3 Å². The Morgan fingerprint density at radius 1 is 1.38 bits per heavy atom. The van der Waals surface area contributed by atoms with E-state index in [4.69, 9.17) is 5.73 Å². The monoisotopic (exact) mass is 202 g/mol. The number of rotatable bonds is 5. The molecule has 0 aromatic heterocycles. The van der Waals surface area contributed by atoms with Gasteiger partial charge in [-0.2, -0.15) is 11.8 Å². The standard InChI is InChI=1S/C10H22N2S/c1-12-7-3-2-4-10(12)5-8-13-9-6-11/h10H,2-9,11H2,1H3. The molecule has 13 heavy (non-hydrogen) atoms. The highest BCUT2D eigenvalue weighted by Gasteiger charge is 2.17. The van der Waals surface area contributed by atoms with Gasteiger partial charge in [0.05, 0.1) is 0 Å². The minimum absolute atomic E-state index is 0.825. The maximum absolute atomic E-state index is 5.44. The Hall–Kier alpha value is 0.270. The second-order valence-corrected chi connectivity index (χ2v) is 5.04. The molecule has 2 N–H and O–H groups in total. The predicted octanol–water partition coefficient (Wildman–Crippen LogP) is 1.55. The van der Waals surface area contributed by atoms with Crippen molar-refractivity contribution < 1.29 is 0 Å². The molecule has 1 aliphatic rings. The molecule has 0 saturated carbocycles. The SMILES string of the molecule is CN1CCCCC1CCSCCN. The maximum Gasteiger partial charge on any atom is 0.0100 e. The highest BCUT2D eigenvalue weighted by atomic mass is 32.2. The summed E-state index contributed by atoms with van der Waals surface area (Å²) in [4.78, 5) is 2.52. The van der Waals surface area contributed by atoms with Crippen molar-refractivity contribution in [2.75, 3.05) is 31.6 Å². The van der Waals surface area contributed by atoms with Crippen LogP contribution in [0.5, 0.6) is 0 Å². The van der Waals surface area contributed by atoms with Gasteiger partial charge in [0.25, 0.3) is 0 Å². The van der Waals surface area contributed by atoms with Crippen LogP contribution in [0.3, 0.4) is 0 Å². The van der Waals surface area contributed by atoms with Crippen LogP contribution in [0.2, 0.25) is 0 Å². The number of hydrogen-bond donors (Lipinski definition) is 1. The van der Waals surface area contributed by atoms with E-state index >= 15 is 0 Å². The molecular formula is C10H22N2S. The highest BCUT2D eigenvalue weighted by Crippen LogP contribution is 2.19. The molecule has 1 heterocycles. The van der Waals surface area contributed by atoms with E-state index in [1.165, 1.54) is 38.0 Å². The first-order valence-corrected chi connectivity index (χ1v) is 6.48. The van der Waals surface area contributed by atoms with E-state index in [2.05, 4.69) is 11.9 Å². The Bertz CT molecular complexity index is 130. The van der Waals surface area contributed by atoms with Crippen LogP contribution in [0.4, 0.5) is 0 Å². The van der Waals surface area contributed by atoms with E-state index in [1.807, 2.05) is 11.8 Å². The highest BCUT2D eigenvalue weighted by molar-refractivity contribution is 7.99. The molecule has 0 bridgehead atoms. The van der Waals surface area contributed by atoms with Crippen LogP contribution >= 0.6 is 11.8 Å². The van der Waals surface area contributed by atoms with Crippen LogP contribution in [0.15, 0.2) is 0 Å². The molecule has 0 spiro atoms. The Morgan fingerprint density at radius 3 is 2.92 bits per heavy atom. The van der Waals surface area contributed by atoms with Gasteiger partial charge in [0.1, 0.15) is 0 Å². The van der Waals surface area contributed by atoms with E-state index in [0.29, 0.717) is 0 Å². The molecule has 2 nitrogen and oxygen atoms in total. The third-order valence-corrected chi connectivity index (χ3v) is 3.83.